The van der Waals surface area contributed by atoms with Gasteiger partial charge in [0.25, 0.3) is 0 Å². The Kier molecular flexibility index (Phi) is 4.53. The zero-order valence-electron chi connectivity index (χ0n) is 15.1. The summed E-state index contributed by atoms with van der Waals surface area (Å²) < 4.78 is 31.9. The van der Waals surface area contributed by atoms with Crippen LogP contribution in [0.4, 0.5) is 0 Å². The summed E-state index contributed by atoms with van der Waals surface area (Å²) in [5, 5.41) is 3.78. The van der Waals surface area contributed by atoms with Crippen molar-refractivity contribution < 1.29 is 13.2 Å². The maximum atomic E-state index is 13.3. The zero-order valence-corrected chi connectivity index (χ0v) is 15.9. The highest BCUT2D eigenvalue weighted by Gasteiger charge is 2.43. The molecular weight excluding hydrogens is 346 g/mol. The second-order valence-electron chi connectivity index (χ2n) is 7.49. The van der Waals surface area contributed by atoms with Crippen molar-refractivity contribution in [2.24, 2.45) is 0 Å². The number of sulfone groups is 1. The van der Waals surface area contributed by atoms with E-state index in [-0.39, 0.29) is 17.3 Å². The largest absolute Gasteiger partial charge is 0.497 e. The lowest BCUT2D eigenvalue weighted by Crippen LogP contribution is -2.51. The van der Waals surface area contributed by atoms with Gasteiger partial charge in [0.1, 0.15) is 5.75 Å². The summed E-state index contributed by atoms with van der Waals surface area (Å²) in [4.78, 5) is 0.433. The number of methoxy groups -OCH3 is 1. The zero-order chi connectivity index (χ0) is 18.2. The molecule has 1 aliphatic heterocycles. The molecule has 0 radical (unpaired) electrons. The van der Waals surface area contributed by atoms with Crippen LogP contribution in [0, 0.1) is 0 Å². The molecule has 138 valence electrons. The molecule has 1 atom stereocenters. The van der Waals surface area contributed by atoms with Gasteiger partial charge in [-0.1, -0.05) is 49.6 Å². The van der Waals surface area contributed by atoms with Crippen molar-refractivity contribution in [2.75, 3.05) is 12.9 Å². The molecule has 5 heteroatoms. The Morgan fingerprint density at radius 3 is 2.46 bits per heavy atom. The molecule has 0 amide bonds. The molecule has 0 saturated heterocycles. The van der Waals surface area contributed by atoms with Crippen LogP contribution in [0.5, 0.6) is 5.75 Å². The van der Waals surface area contributed by atoms with Crippen LogP contribution < -0.4 is 10.1 Å². The minimum Gasteiger partial charge on any atom is -0.497 e. The van der Waals surface area contributed by atoms with E-state index >= 15 is 0 Å². The predicted octanol–water partition coefficient (Wildman–Crippen LogP) is 3.86. The van der Waals surface area contributed by atoms with Crippen molar-refractivity contribution in [3.05, 3.63) is 59.7 Å². The van der Waals surface area contributed by atoms with Gasteiger partial charge in [0, 0.05) is 5.54 Å². The molecule has 1 saturated carbocycles. The first kappa shape index (κ1) is 17.6. The summed E-state index contributed by atoms with van der Waals surface area (Å²) in [5.41, 5.74) is 1.52. The molecule has 2 aliphatic rings. The van der Waals surface area contributed by atoms with E-state index in [1.54, 1.807) is 19.2 Å². The Bertz CT molecular complexity index is 887. The predicted molar refractivity (Wildman–Crippen MR) is 102 cm³/mol. The van der Waals surface area contributed by atoms with E-state index in [2.05, 4.69) is 17.4 Å². The Labute approximate surface area is 155 Å². The van der Waals surface area contributed by atoms with Crippen LogP contribution in [0.1, 0.15) is 49.3 Å². The molecule has 1 spiro atoms. The van der Waals surface area contributed by atoms with Crippen LogP contribution in [0.15, 0.2) is 53.4 Å². The van der Waals surface area contributed by atoms with Crippen molar-refractivity contribution in [1.29, 1.82) is 0 Å². The van der Waals surface area contributed by atoms with Crippen molar-refractivity contribution >= 4 is 9.84 Å². The highest BCUT2D eigenvalue weighted by Crippen LogP contribution is 2.41. The summed E-state index contributed by atoms with van der Waals surface area (Å²) in [6.07, 6.45) is 5.13. The van der Waals surface area contributed by atoms with Crippen molar-refractivity contribution in [1.82, 2.24) is 5.32 Å². The van der Waals surface area contributed by atoms with Gasteiger partial charge in [-0.2, -0.15) is 0 Å². The normalized spacial score (nSPS) is 23.8. The van der Waals surface area contributed by atoms with Crippen LogP contribution >= 0.6 is 0 Å². The molecule has 4 rings (SSSR count). The maximum absolute atomic E-state index is 13.3. The van der Waals surface area contributed by atoms with Crippen LogP contribution in [-0.4, -0.2) is 26.8 Å². The van der Waals surface area contributed by atoms with Gasteiger partial charge in [0.05, 0.1) is 23.8 Å². The first-order valence-corrected chi connectivity index (χ1v) is 10.9. The summed E-state index contributed by atoms with van der Waals surface area (Å²) in [7, 11) is -1.76. The lowest BCUT2D eigenvalue weighted by Gasteiger charge is -2.39. The van der Waals surface area contributed by atoms with Crippen LogP contribution in [-0.2, 0) is 9.84 Å². The van der Waals surface area contributed by atoms with E-state index in [0.717, 1.165) is 36.8 Å². The summed E-state index contributed by atoms with van der Waals surface area (Å²) in [6, 6.07) is 15.3. The fourth-order valence-corrected chi connectivity index (χ4v) is 6.52. The summed E-state index contributed by atoms with van der Waals surface area (Å²) >= 11 is 0. The average molecular weight is 372 g/mol. The van der Waals surface area contributed by atoms with Gasteiger partial charge in [0.15, 0.2) is 9.84 Å². The Hall–Kier alpha value is -1.85. The third kappa shape index (κ3) is 3.14. The molecular formula is C21H25NO3S. The fraction of sp³-hybridized carbons (Fsp3) is 0.429. The number of nitrogens with one attached hydrogen (secondary N) is 1. The SMILES string of the molecule is COc1ccc2c(c1)C(c1ccccc1)NC1(CCCCC1)CS2(=O)=O. The van der Waals surface area contributed by atoms with Gasteiger partial charge in [-0.3, -0.25) is 5.32 Å². The Morgan fingerprint density at radius 2 is 1.77 bits per heavy atom. The van der Waals surface area contributed by atoms with Crippen LogP contribution in [0.2, 0.25) is 0 Å². The second-order valence-corrected chi connectivity index (χ2v) is 9.45. The first-order valence-electron chi connectivity index (χ1n) is 9.26. The maximum Gasteiger partial charge on any atom is 0.180 e. The minimum atomic E-state index is -3.37. The molecule has 1 unspecified atom stereocenters. The molecule has 0 aromatic heterocycles. The van der Waals surface area contributed by atoms with E-state index < -0.39 is 9.84 Å². The van der Waals surface area contributed by atoms with Gasteiger partial charge < -0.3 is 4.74 Å². The molecule has 26 heavy (non-hydrogen) atoms. The number of fused-ring (bicyclic) bond motifs is 1. The molecule has 1 fully saturated rings. The standard InChI is InChI=1S/C21H25NO3S/c1-25-17-10-11-19-18(14-17)20(16-8-4-2-5-9-16)22-21(15-26(19,23)24)12-6-3-7-13-21/h2,4-5,8-11,14,20,22H,3,6-7,12-13,15H2,1H3. The summed E-state index contributed by atoms with van der Waals surface area (Å²) in [6.45, 7) is 0. The van der Waals surface area contributed by atoms with E-state index in [0.29, 0.717) is 10.6 Å². The third-order valence-electron chi connectivity index (χ3n) is 5.72. The topological polar surface area (TPSA) is 55.4 Å². The molecule has 4 nitrogen and oxygen atoms in total. The van der Waals surface area contributed by atoms with Crippen molar-refractivity contribution in [2.45, 2.75) is 48.6 Å². The van der Waals surface area contributed by atoms with Crippen LogP contribution in [0.25, 0.3) is 0 Å². The Morgan fingerprint density at radius 1 is 1.04 bits per heavy atom. The highest BCUT2D eigenvalue weighted by molar-refractivity contribution is 7.91. The number of hydrogen-bond acceptors (Lipinski definition) is 4. The molecule has 2 aromatic carbocycles. The smallest absolute Gasteiger partial charge is 0.180 e. The number of ether oxygens (including phenoxy) is 1. The molecule has 1 aliphatic carbocycles. The number of rotatable bonds is 2. The first-order chi connectivity index (χ1) is 12.5. The quantitative estimate of drug-likeness (QED) is 0.871. The molecule has 1 N–H and O–H groups in total. The van der Waals surface area contributed by atoms with Gasteiger partial charge in [-0.05, 0) is 42.2 Å². The number of benzene rings is 2. The van der Waals surface area contributed by atoms with Crippen molar-refractivity contribution in [3.8, 4) is 5.75 Å². The Balaban J connectivity index is 1.91. The van der Waals surface area contributed by atoms with Gasteiger partial charge >= 0.3 is 0 Å². The molecule has 0 bridgehead atoms. The second kappa shape index (κ2) is 6.71. The average Bonchev–Trinajstić information content (AvgIpc) is 2.75. The molecule has 2 aromatic rings. The molecule has 1 heterocycles. The lowest BCUT2D eigenvalue weighted by molar-refractivity contribution is 0.243. The van der Waals surface area contributed by atoms with E-state index in [4.69, 9.17) is 4.74 Å². The fourth-order valence-electron chi connectivity index (χ4n) is 4.46. The van der Waals surface area contributed by atoms with Crippen molar-refractivity contribution in [3.63, 3.8) is 0 Å². The summed E-state index contributed by atoms with van der Waals surface area (Å²) in [5.74, 6) is 0.851. The van der Waals surface area contributed by atoms with Gasteiger partial charge in [-0.25, -0.2) is 8.42 Å². The van der Waals surface area contributed by atoms with Gasteiger partial charge in [0.2, 0.25) is 0 Å². The third-order valence-corrected chi connectivity index (χ3v) is 7.70. The van der Waals surface area contributed by atoms with E-state index in [1.807, 2.05) is 24.3 Å². The highest BCUT2D eigenvalue weighted by atomic mass is 32.2. The lowest BCUT2D eigenvalue weighted by atomic mass is 9.81. The van der Waals surface area contributed by atoms with E-state index in [9.17, 15) is 8.42 Å². The minimum absolute atomic E-state index is 0.156. The monoisotopic (exact) mass is 371 g/mol. The van der Waals surface area contributed by atoms with E-state index in [1.165, 1.54) is 6.42 Å². The van der Waals surface area contributed by atoms with Crippen LogP contribution in [0.3, 0.4) is 0 Å². The van der Waals surface area contributed by atoms with Gasteiger partial charge in [-0.15, -0.1) is 0 Å². The number of hydrogen-bond donors (Lipinski definition) is 1.